The average Bonchev–Trinajstić information content (AvgIpc) is 2.16. The van der Waals surface area contributed by atoms with E-state index in [0.717, 1.165) is 19.3 Å². The number of carbonyl (C=O) groups excluding carboxylic acids is 1. The molecule has 0 aromatic rings. The maximum atomic E-state index is 11.2. The summed E-state index contributed by atoms with van der Waals surface area (Å²) in [5.74, 6) is -0.351. The van der Waals surface area contributed by atoms with E-state index in [9.17, 15) is 9.59 Å². The van der Waals surface area contributed by atoms with Crippen molar-refractivity contribution in [2.75, 3.05) is 6.54 Å². The van der Waals surface area contributed by atoms with Crippen LogP contribution in [0.15, 0.2) is 0 Å². The molecule has 1 atom stereocenters. The zero-order chi connectivity index (χ0) is 12.6. The first-order valence-electron chi connectivity index (χ1n) is 5.70. The van der Waals surface area contributed by atoms with Crippen LogP contribution < -0.4 is 10.6 Å². The Balaban J connectivity index is 3.48. The van der Waals surface area contributed by atoms with Crippen LogP contribution >= 0.6 is 0 Å². The Kier molecular flexibility index (Phi) is 7.33. The molecule has 1 unspecified atom stereocenters. The van der Waals surface area contributed by atoms with Crippen LogP contribution in [-0.4, -0.2) is 29.7 Å². The summed E-state index contributed by atoms with van der Waals surface area (Å²) in [6.45, 7) is 6.34. The predicted octanol–water partition coefficient (Wildman–Crippen LogP) is 1.58. The zero-order valence-corrected chi connectivity index (χ0v) is 10.2. The third-order valence-corrected chi connectivity index (χ3v) is 2.21. The molecule has 5 heteroatoms. The van der Waals surface area contributed by atoms with E-state index < -0.39 is 18.0 Å². The lowest BCUT2D eigenvalue weighted by Crippen LogP contribution is -2.44. The number of unbranched alkanes of at least 4 members (excludes halogenated alkanes) is 1. The first kappa shape index (κ1) is 14.7. The fourth-order valence-corrected chi connectivity index (χ4v) is 1.19. The van der Waals surface area contributed by atoms with E-state index in [4.69, 9.17) is 5.11 Å². The highest BCUT2D eigenvalue weighted by atomic mass is 16.4. The molecule has 0 radical (unpaired) electrons. The van der Waals surface area contributed by atoms with Crippen LogP contribution in [0.3, 0.4) is 0 Å². The summed E-state index contributed by atoms with van der Waals surface area (Å²) in [5, 5.41) is 13.5. The number of hydrogen-bond acceptors (Lipinski definition) is 2. The van der Waals surface area contributed by atoms with Crippen molar-refractivity contribution in [1.29, 1.82) is 0 Å². The van der Waals surface area contributed by atoms with Gasteiger partial charge in [0.15, 0.2) is 0 Å². The van der Waals surface area contributed by atoms with E-state index in [1.807, 2.05) is 0 Å². The summed E-state index contributed by atoms with van der Waals surface area (Å²) >= 11 is 0. The molecule has 0 aliphatic carbocycles. The number of aliphatic carboxylic acids is 1. The number of nitrogens with one attached hydrogen (secondary N) is 2. The number of carboxylic acid groups (broad SMARTS) is 1. The van der Waals surface area contributed by atoms with Crippen molar-refractivity contribution in [1.82, 2.24) is 10.6 Å². The number of carbonyl (C=O) groups is 2. The molecule has 0 aromatic heterocycles. The topological polar surface area (TPSA) is 78.4 Å². The summed E-state index contributed by atoms with van der Waals surface area (Å²) in [5.41, 5.74) is 0. The van der Waals surface area contributed by atoms with Gasteiger partial charge in [-0.3, -0.25) is 4.79 Å². The van der Waals surface area contributed by atoms with Gasteiger partial charge in [-0.15, -0.1) is 0 Å². The average molecular weight is 230 g/mol. The summed E-state index contributed by atoms with van der Waals surface area (Å²) < 4.78 is 0. The monoisotopic (exact) mass is 230 g/mol. The van der Waals surface area contributed by atoms with E-state index in [-0.39, 0.29) is 0 Å². The molecule has 16 heavy (non-hydrogen) atoms. The predicted molar refractivity (Wildman–Crippen MR) is 62.3 cm³/mol. The fourth-order valence-electron chi connectivity index (χ4n) is 1.19. The molecule has 0 saturated heterocycles. The van der Waals surface area contributed by atoms with E-state index in [0.29, 0.717) is 12.5 Å². The van der Waals surface area contributed by atoms with E-state index in [1.165, 1.54) is 6.92 Å². The van der Waals surface area contributed by atoms with Gasteiger partial charge < -0.3 is 15.7 Å². The van der Waals surface area contributed by atoms with Gasteiger partial charge in [0.1, 0.15) is 6.04 Å². The molecule has 0 fully saturated rings. The van der Waals surface area contributed by atoms with Gasteiger partial charge in [0, 0.05) is 6.54 Å². The van der Waals surface area contributed by atoms with Gasteiger partial charge in [0.2, 0.25) is 0 Å². The number of carboxylic acids is 1. The number of urea groups is 1. The smallest absolute Gasteiger partial charge is 0.325 e. The Labute approximate surface area is 96.6 Å². The minimum atomic E-state index is -1.03. The molecule has 3 N–H and O–H groups in total. The first-order chi connectivity index (χ1) is 7.43. The summed E-state index contributed by atoms with van der Waals surface area (Å²) in [7, 11) is 0. The van der Waals surface area contributed by atoms with E-state index in [1.54, 1.807) is 0 Å². The zero-order valence-electron chi connectivity index (χ0n) is 10.2. The summed E-state index contributed by atoms with van der Waals surface area (Å²) in [6.07, 6.45) is 3.15. The molecule has 0 spiro atoms. The van der Waals surface area contributed by atoms with E-state index in [2.05, 4.69) is 24.5 Å². The lowest BCUT2D eigenvalue weighted by Gasteiger charge is -2.10. The van der Waals surface area contributed by atoms with Gasteiger partial charge in [-0.25, -0.2) is 4.79 Å². The van der Waals surface area contributed by atoms with Crippen LogP contribution in [0, 0.1) is 5.92 Å². The Bertz CT molecular complexity index is 229. The molecular formula is C11H22N2O3. The summed E-state index contributed by atoms with van der Waals surface area (Å²) in [4.78, 5) is 21.6. The quantitative estimate of drug-likeness (QED) is 0.581. The van der Waals surface area contributed by atoms with Crippen molar-refractivity contribution in [2.24, 2.45) is 5.92 Å². The first-order valence-corrected chi connectivity index (χ1v) is 5.70. The highest BCUT2D eigenvalue weighted by Crippen LogP contribution is 2.04. The van der Waals surface area contributed by atoms with Gasteiger partial charge in [0.05, 0.1) is 0 Å². The Morgan fingerprint density at radius 1 is 1.19 bits per heavy atom. The number of rotatable bonds is 7. The van der Waals surface area contributed by atoms with E-state index >= 15 is 0 Å². The minimum Gasteiger partial charge on any atom is -0.480 e. The highest BCUT2D eigenvalue weighted by Gasteiger charge is 2.12. The van der Waals surface area contributed by atoms with Gasteiger partial charge >= 0.3 is 12.0 Å². The SMILES string of the molecule is CC(C)CCCCNC(=O)NC(C)C(=O)O. The second-order valence-electron chi connectivity index (χ2n) is 4.35. The van der Waals surface area contributed by atoms with Gasteiger partial charge in [-0.2, -0.15) is 0 Å². The molecule has 0 aliphatic rings. The molecule has 0 rings (SSSR count). The molecule has 0 aliphatic heterocycles. The molecular weight excluding hydrogens is 208 g/mol. The minimum absolute atomic E-state index is 0.417. The molecule has 0 saturated carbocycles. The van der Waals surface area contributed by atoms with Crippen LogP contribution in [0.4, 0.5) is 4.79 Å². The van der Waals surface area contributed by atoms with Crippen LogP contribution in [0.2, 0.25) is 0 Å². The van der Waals surface area contributed by atoms with Gasteiger partial charge in [0.25, 0.3) is 0 Å². The van der Waals surface area contributed by atoms with Crippen molar-refractivity contribution < 1.29 is 14.7 Å². The molecule has 0 aromatic carbocycles. The number of amides is 2. The van der Waals surface area contributed by atoms with Crippen molar-refractivity contribution in [3.8, 4) is 0 Å². The molecule has 2 amide bonds. The highest BCUT2D eigenvalue weighted by molar-refractivity contribution is 5.82. The normalized spacial score (nSPS) is 12.2. The lowest BCUT2D eigenvalue weighted by atomic mass is 10.1. The second-order valence-corrected chi connectivity index (χ2v) is 4.35. The third-order valence-electron chi connectivity index (χ3n) is 2.21. The Morgan fingerprint density at radius 2 is 1.81 bits per heavy atom. The Morgan fingerprint density at radius 3 is 2.31 bits per heavy atom. The van der Waals surface area contributed by atoms with Crippen molar-refractivity contribution in [2.45, 2.75) is 46.1 Å². The van der Waals surface area contributed by atoms with Crippen LogP contribution in [0.1, 0.15) is 40.0 Å². The molecule has 0 heterocycles. The maximum Gasteiger partial charge on any atom is 0.325 e. The fraction of sp³-hybridized carbons (Fsp3) is 0.818. The standard InChI is InChI=1S/C11H22N2O3/c1-8(2)6-4-5-7-12-11(16)13-9(3)10(14)15/h8-9H,4-7H2,1-3H3,(H,14,15)(H2,12,13,16). The van der Waals surface area contributed by atoms with Crippen molar-refractivity contribution in [3.63, 3.8) is 0 Å². The Hall–Kier alpha value is -1.26. The van der Waals surface area contributed by atoms with Crippen LogP contribution in [0.5, 0.6) is 0 Å². The van der Waals surface area contributed by atoms with Crippen molar-refractivity contribution >= 4 is 12.0 Å². The molecule has 0 bridgehead atoms. The van der Waals surface area contributed by atoms with Crippen LogP contribution in [0.25, 0.3) is 0 Å². The molecule has 94 valence electrons. The maximum absolute atomic E-state index is 11.2. The largest absolute Gasteiger partial charge is 0.480 e. The third kappa shape index (κ3) is 8.08. The lowest BCUT2D eigenvalue weighted by molar-refractivity contribution is -0.138. The van der Waals surface area contributed by atoms with Gasteiger partial charge in [-0.1, -0.05) is 26.7 Å². The van der Waals surface area contributed by atoms with Crippen molar-refractivity contribution in [3.05, 3.63) is 0 Å². The summed E-state index contributed by atoms with van der Waals surface area (Å²) in [6, 6.07) is -1.27. The van der Waals surface area contributed by atoms with Gasteiger partial charge in [-0.05, 0) is 19.3 Å². The second kappa shape index (κ2) is 7.96. The van der Waals surface area contributed by atoms with Crippen LogP contribution in [-0.2, 0) is 4.79 Å². The molecule has 5 nitrogen and oxygen atoms in total. The number of hydrogen-bond donors (Lipinski definition) is 3.